The van der Waals surface area contributed by atoms with Crippen molar-refractivity contribution in [3.8, 4) is 5.75 Å². The summed E-state index contributed by atoms with van der Waals surface area (Å²) in [6, 6.07) is 31.7. The Morgan fingerprint density at radius 2 is 1.23 bits per heavy atom. The van der Waals surface area contributed by atoms with E-state index in [1.807, 2.05) is 44.2 Å². The van der Waals surface area contributed by atoms with E-state index < -0.39 is 5.41 Å². The summed E-state index contributed by atoms with van der Waals surface area (Å²) in [5.41, 5.74) is 16.0. The molecule has 7 aromatic rings. The van der Waals surface area contributed by atoms with E-state index in [-0.39, 0.29) is 23.5 Å². The van der Waals surface area contributed by atoms with Crippen molar-refractivity contribution in [3.63, 3.8) is 0 Å². The van der Waals surface area contributed by atoms with Gasteiger partial charge < -0.3 is 23.4 Å². The Kier molecular flexibility index (Phi) is 20.9. The largest absolute Gasteiger partial charge is 0.436 e. The second kappa shape index (κ2) is 28.1. The number of allylic oxidation sites excluding steroid dienone is 6. The summed E-state index contributed by atoms with van der Waals surface area (Å²) >= 11 is 0. The van der Waals surface area contributed by atoms with Crippen molar-refractivity contribution in [2.24, 2.45) is 17.8 Å². The lowest BCUT2D eigenvalue weighted by molar-refractivity contribution is -0.120. The first-order valence-electron chi connectivity index (χ1n) is 30.6. The number of fused-ring (bicyclic) bond motifs is 2. The molecule has 0 N–H and O–H groups in total. The monoisotopic (exact) mass is 1100 g/mol. The number of carbonyl (C=O) groups is 2. The van der Waals surface area contributed by atoms with E-state index in [0.717, 1.165) is 71.5 Å². The van der Waals surface area contributed by atoms with Crippen LogP contribution in [0.25, 0.3) is 39.4 Å². The van der Waals surface area contributed by atoms with E-state index in [0.29, 0.717) is 52.7 Å². The second-order valence-corrected chi connectivity index (χ2v) is 23.9. The van der Waals surface area contributed by atoms with Crippen molar-refractivity contribution in [3.05, 3.63) is 172 Å². The Labute approximate surface area is 489 Å². The van der Waals surface area contributed by atoms with Crippen LogP contribution in [0.3, 0.4) is 0 Å². The van der Waals surface area contributed by atoms with Crippen LogP contribution < -0.4 is 14.5 Å². The van der Waals surface area contributed by atoms with Crippen LogP contribution in [0.15, 0.2) is 130 Å². The molecule has 9 nitrogen and oxygen atoms in total. The first-order valence-corrected chi connectivity index (χ1v) is 30.6. The van der Waals surface area contributed by atoms with Gasteiger partial charge in [-0.2, -0.15) is 0 Å². The van der Waals surface area contributed by atoms with E-state index in [1.165, 1.54) is 91.4 Å². The standard InChI is InChI=1S/C73H90N4O5/c1-13-16-18-20-22-24-38-76(65-34-26-49(4)40-53(65)8)60-32-28-56(52(7)43-60)44-62(70(79)51(6)15-3)72-75-64-46-59(31-37-68(64)82-72)73(11,12)58-30-36-67-63(45-58)74-71(81-67)55(10)42-57-29-33-61(47-69(57)80-48-78)77(39-25-23-21-19-17-14-2)66-35-27-50(5)41-54(66)9/h26-37,40-48,51-52,56H,13-25,38-39H2,1-12H3/b55-42+,62-44+. The van der Waals surface area contributed by atoms with Gasteiger partial charge >= 0.3 is 0 Å². The van der Waals surface area contributed by atoms with Crippen LogP contribution >= 0.6 is 0 Å². The number of anilines is 3. The van der Waals surface area contributed by atoms with Crippen LogP contribution in [0.5, 0.6) is 5.75 Å². The van der Waals surface area contributed by atoms with Crippen molar-refractivity contribution in [1.29, 1.82) is 0 Å². The number of nitrogens with zero attached hydrogens (tertiary/aromatic N) is 4. The molecular formula is C73H90N4O5. The summed E-state index contributed by atoms with van der Waals surface area (Å²) < 4.78 is 18.6. The number of aromatic nitrogens is 2. The summed E-state index contributed by atoms with van der Waals surface area (Å²) in [4.78, 5) is 41.3. The fourth-order valence-corrected chi connectivity index (χ4v) is 11.5. The summed E-state index contributed by atoms with van der Waals surface area (Å²) in [6.07, 6.45) is 26.3. The fraction of sp³-hybridized carbons (Fsp3) is 0.425. The van der Waals surface area contributed by atoms with Gasteiger partial charge in [0.05, 0.1) is 5.57 Å². The minimum absolute atomic E-state index is 0.0250. The molecule has 3 unspecified atom stereocenters. The molecule has 2 aromatic heterocycles. The molecule has 0 saturated carbocycles. The minimum atomic E-state index is -0.466. The highest BCUT2D eigenvalue weighted by molar-refractivity contribution is 6.20. The van der Waals surface area contributed by atoms with Crippen molar-refractivity contribution in [1.82, 2.24) is 9.97 Å². The third-order valence-electron chi connectivity index (χ3n) is 16.9. The Morgan fingerprint density at radius 3 is 1.79 bits per heavy atom. The van der Waals surface area contributed by atoms with Gasteiger partial charge in [0.1, 0.15) is 16.8 Å². The molecule has 8 rings (SSSR count). The van der Waals surface area contributed by atoms with Crippen molar-refractivity contribution < 1.29 is 23.2 Å². The van der Waals surface area contributed by atoms with E-state index in [2.05, 4.69) is 170 Å². The molecule has 3 atom stereocenters. The lowest BCUT2D eigenvalue weighted by Crippen LogP contribution is -2.26. The Hall–Kier alpha value is -7.26. The Bertz CT molecular complexity index is 3460. The molecule has 0 radical (unpaired) electrons. The van der Waals surface area contributed by atoms with Crippen LogP contribution in [0.4, 0.5) is 17.1 Å². The van der Waals surface area contributed by atoms with Gasteiger partial charge in [-0.3, -0.25) is 9.59 Å². The predicted molar refractivity (Wildman–Crippen MR) is 342 cm³/mol. The van der Waals surface area contributed by atoms with Gasteiger partial charge in [0, 0.05) is 70.3 Å². The SMILES string of the molecule is CCCCCCCCN(C1=CC(C)C(/C=C(\C(=O)C(C)CC)c2nc3cc(C(C)(C)c4ccc5oc(/C(C)=C/c6ccc(N(CCCCCCCC)c7ccc(C)cc7C)cc6OC=O)nc5c4)ccc3o2)C=C1)c1ccc(C)cc1C. The molecule has 82 heavy (non-hydrogen) atoms. The number of benzene rings is 5. The lowest BCUT2D eigenvalue weighted by Gasteiger charge is -2.32. The zero-order valence-electron chi connectivity index (χ0n) is 51.3. The van der Waals surface area contributed by atoms with E-state index in [1.54, 1.807) is 0 Å². The number of aryl methyl sites for hydroxylation is 4. The zero-order chi connectivity index (χ0) is 58.5. The first-order chi connectivity index (χ1) is 39.5. The predicted octanol–water partition coefficient (Wildman–Crippen LogP) is 19.7. The van der Waals surface area contributed by atoms with Gasteiger partial charge in [-0.25, -0.2) is 9.97 Å². The average molecular weight is 1100 g/mol. The number of Topliss-reactive ketones (excluding diaryl/α,β-unsaturated/α-hetero) is 1. The first kappa shape index (κ1) is 60.8. The Balaban J connectivity index is 1.03. The van der Waals surface area contributed by atoms with Gasteiger partial charge in [0.25, 0.3) is 6.47 Å². The highest BCUT2D eigenvalue weighted by Gasteiger charge is 2.29. The number of oxazole rings is 2. The van der Waals surface area contributed by atoms with Crippen molar-refractivity contribution in [2.45, 2.75) is 172 Å². The smallest absolute Gasteiger partial charge is 0.298 e. The van der Waals surface area contributed by atoms with Gasteiger partial charge in [-0.1, -0.05) is 178 Å². The third-order valence-corrected chi connectivity index (χ3v) is 16.9. The van der Waals surface area contributed by atoms with Crippen LogP contribution in [0.1, 0.15) is 190 Å². The normalized spacial score (nSPS) is 15.3. The third kappa shape index (κ3) is 14.7. The average Bonchev–Trinajstić information content (AvgIpc) is 3.89. The summed E-state index contributed by atoms with van der Waals surface area (Å²) in [7, 11) is 0. The van der Waals surface area contributed by atoms with Crippen molar-refractivity contribution >= 4 is 68.7 Å². The van der Waals surface area contributed by atoms with Crippen LogP contribution in [-0.2, 0) is 15.0 Å². The van der Waals surface area contributed by atoms with E-state index in [9.17, 15) is 9.59 Å². The summed E-state index contributed by atoms with van der Waals surface area (Å²) in [6.45, 7) is 28.1. The van der Waals surface area contributed by atoms with Gasteiger partial charge in [0.15, 0.2) is 16.9 Å². The number of ketones is 1. The van der Waals surface area contributed by atoms with E-state index in [4.69, 9.17) is 23.5 Å². The maximum Gasteiger partial charge on any atom is 0.298 e. The van der Waals surface area contributed by atoms with E-state index >= 15 is 0 Å². The number of ether oxygens (including phenoxy) is 1. The molecule has 1 aliphatic rings. The molecule has 2 heterocycles. The fourth-order valence-electron chi connectivity index (χ4n) is 11.5. The molecule has 0 saturated heterocycles. The maximum atomic E-state index is 14.4. The number of carbonyl (C=O) groups excluding carboxylic acids is 2. The van der Waals surface area contributed by atoms with Crippen LogP contribution in [-0.4, -0.2) is 35.3 Å². The molecule has 1 aliphatic carbocycles. The minimum Gasteiger partial charge on any atom is -0.436 e. The summed E-state index contributed by atoms with van der Waals surface area (Å²) in [5.74, 6) is 1.25. The molecule has 0 spiro atoms. The molecule has 0 fully saturated rings. The van der Waals surface area contributed by atoms with Crippen LogP contribution in [0, 0.1) is 45.4 Å². The summed E-state index contributed by atoms with van der Waals surface area (Å²) in [5, 5.41) is 0. The highest BCUT2D eigenvalue weighted by Crippen LogP contribution is 2.40. The molecule has 0 aliphatic heterocycles. The zero-order valence-corrected chi connectivity index (χ0v) is 51.3. The quantitative estimate of drug-likeness (QED) is 0.0258. The van der Waals surface area contributed by atoms with Gasteiger partial charge in [-0.15, -0.1) is 0 Å². The topological polar surface area (TPSA) is 102 Å². The number of hydrogen-bond acceptors (Lipinski definition) is 9. The molecular weight excluding hydrogens is 1010 g/mol. The Morgan fingerprint density at radius 1 is 0.683 bits per heavy atom. The number of rotatable bonds is 29. The number of unbranched alkanes of at least 4 members (excludes halogenated alkanes) is 10. The van der Waals surface area contributed by atoms with Crippen LogP contribution in [0.2, 0.25) is 0 Å². The molecule has 0 bridgehead atoms. The highest BCUT2D eigenvalue weighted by atomic mass is 16.5. The maximum absolute atomic E-state index is 14.4. The number of hydrogen-bond donors (Lipinski definition) is 0. The van der Waals surface area contributed by atoms with Crippen molar-refractivity contribution in [2.75, 3.05) is 22.9 Å². The lowest BCUT2D eigenvalue weighted by atomic mass is 9.78. The molecule has 5 aromatic carbocycles. The molecule has 9 heteroatoms. The van der Waals surface area contributed by atoms with Gasteiger partial charge in [-0.05, 0) is 143 Å². The molecule has 432 valence electrons. The second-order valence-electron chi connectivity index (χ2n) is 23.9. The van der Waals surface area contributed by atoms with Gasteiger partial charge in [0.2, 0.25) is 11.8 Å². The molecule has 0 amide bonds.